The largest absolute Gasteiger partial charge is 0.390 e. The van der Waals surface area contributed by atoms with Gasteiger partial charge in [-0.3, -0.25) is 20.2 Å². The standard InChI is InChI=1S/C12H21N5O4/c1-9-12(17(19)20)10(2)16(14-9)8-11(18)7-13-15-3-5-21-6-4-15/h11,13,18H,3-8H2,1-2H3. The Hall–Kier alpha value is -1.55. The summed E-state index contributed by atoms with van der Waals surface area (Å²) >= 11 is 0. The van der Waals surface area contributed by atoms with Gasteiger partial charge in [-0.25, -0.2) is 5.01 Å². The van der Waals surface area contributed by atoms with E-state index < -0.39 is 11.0 Å². The average molecular weight is 299 g/mol. The molecule has 1 saturated heterocycles. The van der Waals surface area contributed by atoms with Gasteiger partial charge in [-0.1, -0.05) is 0 Å². The molecule has 9 nitrogen and oxygen atoms in total. The number of nitrogens with one attached hydrogen (secondary N) is 1. The van der Waals surface area contributed by atoms with Crippen LogP contribution in [0.15, 0.2) is 0 Å². The van der Waals surface area contributed by atoms with Gasteiger partial charge in [0.1, 0.15) is 11.4 Å². The van der Waals surface area contributed by atoms with Crippen LogP contribution in [0.1, 0.15) is 11.4 Å². The minimum atomic E-state index is -0.676. The van der Waals surface area contributed by atoms with Crippen molar-refractivity contribution in [3.05, 3.63) is 21.5 Å². The fourth-order valence-corrected chi connectivity index (χ4v) is 2.35. The molecule has 1 unspecified atom stereocenters. The quantitative estimate of drug-likeness (QED) is 0.544. The Kier molecular flexibility index (Phi) is 5.23. The summed E-state index contributed by atoms with van der Waals surface area (Å²) in [5, 5.41) is 27.1. The van der Waals surface area contributed by atoms with E-state index in [-0.39, 0.29) is 12.2 Å². The van der Waals surface area contributed by atoms with Gasteiger partial charge in [-0.05, 0) is 13.8 Å². The Labute approximate surface area is 122 Å². The Morgan fingerprint density at radius 1 is 1.48 bits per heavy atom. The van der Waals surface area contributed by atoms with Crippen molar-refractivity contribution < 1.29 is 14.8 Å². The number of hydrogen-bond donors (Lipinski definition) is 2. The zero-order valence-corrected chi connectivity index (χ0v) is 12.3. The molecule has 2 N–H and O–H groups in total. The van der Waals surface area contributed by atoms with Gasteiger partial charge >= 0.3 is 5.69 Å². The highest BCUT2D eigenvalue weighted by Crippen LogP contribution is 2.21. The Morgan fingerprint density at radius 3 is 2.71 bits per heavy atom. The predicted molar refractivity (Wildman–Crippen MR) is 74.8 cm³/mol. The van der Waals surface area contributed by atoms with Crippen LogP contribution < -0.4 is 5.43 Å². The van der Waals surface area contributed by atoms with Crippen LogP contribution in [0.2, 0.25) is 0 Å². The number of rotatable bonds is 6. The number of hydrogen-bond acceptors (Lipinski definition) is 7. The summed E-state index contributed by atoms with van der Waals surface area (Å²) in [6, 6.07) is 0. The topological polar surface area (TPSA) is 106 Å². The zero-order valence-electron chi connectivity index (χ0n) is 12.3. The first-order valence-electron chi connectivity index (χ1n) is 6.91. The van der Waals surface area contributed by atoms with Crippen molar-refractivity contribution >= 4 is 5.69 Å². The molecule has 2 heterocycles. The number of aliphatic hydroxyl groups excluding tert-OH is 1. The fourth-order valence-electron chi connectivity index (χ4n) is 2.35. The van der Waals surface area contributed by atoms with Crippen LogP contribution in [0.5, 0.6) is 0 Å². The van der Waals surface area contributed by atoms with E-state index >= 15 is 0 Å². The third-order valence-electron chi connectivity index (χ3n) is 3.47. The molecule has 0 aromatic carbocycles. The van der Waals surface area contributed by atoms with Gasteiger partial charge in [0.25, 0.3) is 0 Å². The Morgan fingerprint density at radius 2 is 2.14 bits per heavy atom. The predicted octanol–water partition coefficient (Wildman–Crippen LogP) is -0.394. The number of nitro groups is 1. The number of aromatic nitrogens is 2. The molecule has 2 rings (SSSR count). The van der Waals surface area contributed by atoms with Gasteiger partial charge in [0.2, 0.25) is 0 Å². The van der Waals surface area contributed by atoms with E-state index in [9.17, 15) is 15.2 Å². The van der Waals surface area contributed by atoms with Crippen molar-refractivity contribution in [2.45, 2.75) is 26.5 Å². The maximum absolute atomic E-state index is 10.9. The van der Waals surface area contributed by atoms with Crippen molar-refractivity contribution in [2.75, 3.05) is 32.8 Å². The Balaban J connectivity index is 1.89. The monoisotopic (exact) mass is 299 g/mol. The average Bonchev–Trinajstić information content (AvgIpc) is 2.72. The minimum absolute atomic E-state index is 0.0170. The molecular weight excluding hydrogens is 278 g/mol. The normalized spacial score (nSPS) is 17.9. The molecule has 1 atom stereocenters. The van der Waals surface area contributed by atoms with E-state index in [1.54, 1.807) is 13.8 Å². The number of morpholine rings is 1. The third-order valence-corrected chi connectivity index (χ3v) is 3.47. The number of aryl methyl sites for hydroxylation is 1. The molecule has 1 aliphatic heterocycles. The lowest BCUT2D eigenvalue weighted by Crippen LogP contribution is -2.48. The molecule has 0 bridgehead atoms. The highest BCUT2D eigenvalue weighted by atomic mass is 16.6. The van der Waals surface area contributed by atoms with Crippen LogP contribution in [0, 0.1) is 24.0 Å². The van der Waals surface area contributed by atoms with Crippen molar-refractivity contribution in [2.24, 2.45) is 0 Å². The second kappa shape index (κ2) is 6.94. The van der Waals surface area contributed by atoms with Crippen molar-refractivity contribution in [1.82, 2.24) is 20.2 Å². The Bertz CT molecular complexity index is 498. The van der Waals surface area contributed by atoms with E-state index in [0.717, 1.165) is 13.1 Å². The van der Waals surface area contributed by atoms with Crippen molar-refractivity contribution in [3.8, 4) is 0 Å². The lowest BCUT2D eigenvalue weighted by molar-refractivity contribution is -0.386. The molecule has 9 heteroatoms. The first-order valence-corrected chi connectivity index (χ1v) is 6.91. The first kappa shape index (κ1) is 15.8. The third kappa shape index (κ3) is 3.97. The molecule has 0 saturated carbocycles. The summed E-state index contributed by atoms with van der Waals surface area (Å²) in [5.41, 5.74) is 3.98. The number of aliphatic hydroxyl groups is 1. The maximum Gasteiger partial charge on any atom is 0.312 e. The highest BCUT2D eigenvalue weighted by Gasteiger charge is 2.23. The smallest absolute Gasteiger partial charge is 0.312 e. The van der Waals surface area contributed by atoms with Gasteiger partial charge < -0.3 is 9.84 Å². The number of ether oxygens (including phenoxy) is 1. The highest BCUT2D eigenvalue weighted by molar-refractivity contribution is 5.39. The first-order chi connectivity index (χ1) is 9.99. The second-order valence-corrected chi connectivity index (χ2v) is 5.07. The second-order valence-electron chi connectivity index (χ2n) is 5.07. The van der Waals surface area contributed by atoms with Gasteiger partial charge in [-0.2, -0.15) is 5.10 Å². The van der Waals surface area contributed by atoms with Crippen LogP contribution in [0.3, 0.4) is 0 Å². The van der Waals surface area contributed by atoms with Crippen LogP contribution in [0.4, 0.5) is 5.69 Å². The van der Waals surface area contributed by atoms with E-state index in [1.807, 2.05) is 5.01 Å². The van der Waals surface area contributed by atoms with Crippen LogP contribution >= 0.6 is 0 Å². The molecule has 1 aromatic rings. The molecule has 0 amide bonds. The van der Waals surface area contributed by atoms with E-state index in [0.29, 0.717) is 31.1 Å². The lowest BCUT2D eigenvalue weighted by Gasteiger charge is -2.28. The molecule has 1 fully saturated rings. The van der Waals surface area contributed by atoms with Crippen LogP contribution in [-0.2, 0) is 11.3 Å². The van der Waals surface area contributed by atoms with Gasteiger partial charge in [0, 0.05) is 19.6 Å². The molecular formula is C12H21N5O4. The summed E-state index contributed by atoms with van der Waals surface area (Å²) in [4.78, 5) is 10.5. The van der Waals surface area contributed by atoms with Crippen molar-refractivity contribution in [3.63, 3.8) is 0 Å². The fraction of sp³-hybridized carbons (Fsp3) is 0.750. The molecule has 0 spiro atoms. The summed E-state index contributed by atoms with van der Waals surface area (Å²) in [6.45, 7) is 6.72. The van der Waals surface area contributed by atoms with E-state index in [2.05, 4.69) is 10.5 Å². The SMILES string of the molecule is Cc1nn(CC(O)CNN2CCOCC2)c(C)c1[N+](=O)[O-]. The van der Waals surface area contributed by atoms with Gasteiger partial charge in [-0.15, -0.1) is 0 Å². The summed E-state index contributed by atoms with van der Waals surface area (Å²) in [6.07, 6.45) is -0.676. The van der Waals surface area contributed by atoms with Crippen molar-refractivity contribution in [1.29, 1.82) is 0 Å². The zero-order chi connectivity index (χ0) is 15.4. The lowest BCUT2D eigenvalue weighted by atomic mass is 10.3. The molecule has 21 heavy (non-hydrogen) atoms. The number of hydrazine groups is 1. The van der Waals surface area contributed by atoms with E-state index in [1.165, 1.54) is 4.68 Å². The minimum Gasteiger partial charge on any atom is -0.390 e. The van der Waals surface area contributed by atoms with Gasteiger partial charge in [0.15, 0.2) is 0 Å². The molecule has 1 aliphatic rings. The summed E-state index contributed by atoms with van der Waals surface area (Å²) in [5.74, 6) is 0. The molecule has 118 valence electrons. The molecule has 1 aromatic heterocycles. The van der Waals surface area contributed by atoms with Crippen LogP contribution in [-0.4, -0.2) is 63.8 Å². The molecule has 0 radical (unpaired) electrons. The summed E-state index contributed by atoms with van der Waals surface area (Å²) < 4.78 is 6.72. The maximum atomic E-state index is 10.9. The summed E-state index contributed by atoms with van der Waals surface area (Å²) in [7, 11) is 0. The van der Waals surface area contributed by atoms with Gasteiger partial charge in [0.05, 0.1) is 30.8 Å². The van der Waals surface area contributed by atoms with Crippen LogP contribution in [0.25, 0.3) is 0 Å². The molecule has 0 aliphatic carbocycles. The number of nitrogens with zero attached hydrogens (tertiary/aromatic N) is 4. The van der Waals surface area contributed by atoms with E-state index in [4.69, 9.17) is 4.74 Å².